The number of para-hydroxylation sites is 2. The molecule has 0 aliphatic carbocycles. The molecule has 0 atom stereocenters. The number of hydrogen-bond donors (Lipinski definition) is 1. The van der Waals surface area contributed by atoms with Crippen molar-refractivity contribution >= 4 is 27.2 Å². The van der Waals surface area contributed by atoms with Gasteiger partial charge in [0.25, 0.3) is 0 Å². The summed E-state index contributed by atoms with van der Waals surface area (Å²) in [5.74, 6) is -0.221. The second-order valence-corrected chi connectivity index (χ2v) is 5.48. The van der Waals surface area contributed by atoms with Gasteiger partial charge in [-0.05, 0) is 30.7 Å². The van der Waals surface area contributed by atoms with Crippen LogP contribution >= 0.6 is 11.3 Å². The summed E-state index contributed by atoms with van der Waals surface area (Å²) >= 11 is 1.63. The SMILES string of the molecule is Cc1cccc(F)c1NCc1nc2ccccc2s1. The van der Waals surface area contributed by atoms with Gasteiger partial charge in [0.2, 0.25) is 0 Å². The molecule has 3 rings (SSSR count). The summed E-state index contributed by atoms with van der Waals surface area (Å²) in [6.07, 6.45) is 0. The summed E-state index contributed by atoms with van der Waals surface area (Å²) in [5, 5.41) is 4.09. The van der Waals surface area contributed by atoms with Gasteiger partial charge < -0.3 is 5.32 Å². The van der Waals surface area contributed by atoms with Crippen LogP contribution in [0.5, 0.6) is 0 Å². The molecule has 0 amide bonds. The normalized spacial score (nSPS) is 10.8. The topological polar surface area (TPSA) is 24.9 Å². The van der Waals surface area contributed by atoms with E-state index in [1.54, 1.807) is 17.4 Å². The maximum absolute atomic E-state index is 13.7. The average molecular weight is 272 g/mol. The van der Waals surface area contributed by atoms with E-state index in [4.69, 9.17) is 0 Å². The van der Waals surface area contributed by atoms with E-state index in [1.165, 1.54) is 6.07 Å². The molecule has 1 N–H and O–H groups in total. The average Bonchev–Trinajstić information content (AvgIpc) is 2.81. The monoisotopic (exact) mass is 272 g/mol. The van der Waals surface area contributed by atoms with Crippen LogP contribution in [0.25, 0.3) is 10.2 Å². The fourth-order valence-electron chi connectivity index (χ4n) is 2.02. The molecule has 0 saturated heterocycles. The standard InChI is InChI=1S/C15H13FN2S/c1-10-5-4-6-11(16)15(10)17-9-14-18-12-7-2-3-8-13(12)19-14/h2-8,17H,9H2,1H3. The molecule has 0 aliphatic rings. The van der Waals surface area contributed by atoms with Gasteiger partial charge in [-0.15, -0.1) is 11.3 Å². The molecule has 0 spiro atoms. The summed E-state index contributed by atoms with van der Waals surface area (Å²) in [4.78, 5) is 4.52. The molecule has 1 heterocycles. The van der Waals surface area contributed by atoms with Crippen LogP contribution in [0.4, 0.5) is 10.1 Å². The first kappa shape index (κ1) is 12.1. The molecule has 0 aliphatic heterocycles. The van der Waals surface area contributed by atoms with Crippen molar-refractivity contribution in [2.75, 3.05) is 5.32 Å². The minimum absolute atomic E-state index is 0.221. The quantitative estimate of drug-likeness (QED) is 0.766. The first-order valence-electron chi connectivity index (χ1n) is 6.07. The van der Waals surface area contributed by atoms with E-state index in [1.807, 2.05) is 37.3 Å². The molecule has 19 heavy (non-hydrogen) atoms. The molecular weight excluding hydrogens is 259 g/mol. The number of rotatable bonds is 3. The van der Waals surface area contributed by atoms with Crippen LogP contribution in [0.2, 0.25) is 0 Å². The van der Waals surface area contributed by atoms with E-state index in [2.05, 4.69) is 10.3 Å². The van der Waals surface area contributed by atoms with Crippen molar-refractivity contribution in [3.63, 3.8) is 0 Å². The van der Waals surface area contributed by atoms with Gasteiger partial charge in [-0.1, -0.05) is 24.3 Å². The highest BCUT2D eigenvalue weighted by atomic mass is 32.1. The van der Waals surface area contributed by atoms with Crippen LogP contribution in [-0.2, 0) is 6.54 Å². The molecule has 0 bridgehead atoms. The second kappa shape index (κ2) is 4.97. The zero-order valence-electron chi connectivity index (χ0n) is 10.5. The molecule has 2 nitrogen and oxygen atoms in total. The number of hydrogen-bond acceptors (Lipinski definition) is 3. The highest BCUT2D eigenvalue weighted by molar-refractivity contribution is 7.18. The lowest BCUT2D eigenvalue weighted by Crippen LogP contribution is -2.02. The van der Waals surface area contributed by atoms with Crippen molar-refractivity contribution in [1.82, 2.24) is 4.98 Å². The molecule has 0 unspecified atom stereocenters. The molecule has 0 fully saturated rings. The highest BCUT2D eigenvalue weighted by Crippen LogP contribution is 2.24. The first-order chi connectivity index (χ1) is 9.24. The van der Waals surface area contributed by atoms with Crippen molar-refractivity contribution in [3.05, 3.63) is 58.9 Å². The number of benzene rings is 2. The summed E-state index contributed by atoms with van der Waals surface area (Å²) in [6.45, 7) is 2.44. The molecule has 0 saturated carbocycles. The Kier molecular flexibility index (Phi) is 3.17. The Bertz CT molecular complexity index is 668. The predicted molar refractivity (Wildman–Crippen MR) is 78.1 cm³/mol. The predicted octanol–water partition coefficient (Wildman–Crippen LogP) is 4.36. The number of aryl methyl sites for hydroxylation is 1. The van der Waals surface area contributed by atoms with Crippen LogP contribution in [0.1, 0.15) is 10.6 Å². The van der Waals surface area contributed by atoms with Crippen LogP contribution in [-0.4, -0.2) is 4.98 Å². The largest absolute Gasteiger partial charge is 0.376 e. The van der Waals surface area contributed by atoms with E-state index in [0.29, 0.717) is 12.2 Å². The number of nitrogens with one attached hydrogen (secondary N) is 1. The highest BCUT2D eigenvalue weighted by Gasteiger charge is 2.07. The van der Waals surface area contributed by atoms with Gasteiger partial charge in [0.15, 0.2) is 0 Å². The summed E-state index contributed by atoms with van der Waals surface area (Å²) in [6, 6.07) is 13.1. The van der Waals surface area contributed by atoms with E-state index in [-0.39, 0.29) is 5.82 Å². The number of aromatic nitrogens is 1. The molecule has 4 heteroatoms. The fraction of sp³-hybridized carbons (Fsp3) is 0.133. The first-order valence-corrected chi connectivity index (χ1v) is 6.89. The molecule has 96 valence electrons. The zero-order valence-corrected chi connectivity index (χ0v) is 11.3. The second-order valence-electron chi connectivity index (χ2n) is 4.36. The minimum Gasteiger partial charge on any atom is -0.376 e. The van der Waals surface area contributed by atoms with Gasteiger partial charge in [0.1, 0.15) is 10.8 Å². The van der Waals surface area contributed by atoms with Crippen molar-refractivity contribution < 1.29 is 4.39 Å². The number of thiazole rings is 1. The maximum atomic E-state index is 13.7. The van der Waals surface area contributed by atoms with Gasteiger partial charge >= 0.3 is 0 Å². The molecule has 2 aromatic carbocycles. The lowest BCUT2D eigenvalue weighted by molar-refractivity contribution is 0.629. The third kappa shape index (κ3) is 2.44. The Morgan fingerprint density at radius 1 is 1.16 bits per heavy atom. The smallest absolute Gasteiger partial charge is 0.146 e. The Hall–Kier alpha value is -1.94. The van der Waals surface area contributed by atoms with E-state index >= 15 is 0 Å². The van der Waals surface area contributed by atoms with Gasteiger partial charge in [-0.2, -0.15) is 0 Å². The van der Waals surface area contributed by atoms with Crippen molar-refractivity contribution in [1.29, 1.82) is 0 Å². The maximum Gasteiger partial charge on any atom is 0.146 e. The third-order valence-electron chi connectivity index (χ3n) is 2.98. The Morgan fingerprint density at radius 2 is 2.00 bits per heavy atom. The number of anilines is 1. The third-order valence-corrected chi connectivity index (χ3v) is 4.01. The number of nitrogens with zero attached hydrogens (tertiary/aromatic N) is 1. The van der Waals surface area contributed by atoms with Crippen LogP contribution < -0.4 is 5.32 Å². The number of fused-ring (bicyclic) bond motifs is 1. The Labute approximate surface area is 114 Å². The van der Waals surface area contributed by atoms with Gasteiger partial charge in [-0.25, -0.2) is 9.37 Å². The van der Waals surface area contributed by atoms with E-state index < -0.39 is 0 Å². The van der Waals surface area contributed by atoms with E-state index in [0.717, 1.165) is 20.8 Å². The van der Waals surface area contributed by atoms with Crippen LogP contribution in [0.3, 0.4) is 0 Å². The fourth-order valence-corrected chi connectivity index (χ4v) is 2.92. The summed E-state index contributed by atoms with van der Waals surface area (Å²) in [5.41, 5.74) is 2.46. The lowest BCUT2D eigenvalue weighted by atomic mass is 10.2. The Balaban J connectivity index is 1.82. The lowest BCUT2D eigenvalue weighted by Gasteiger charge is -2.08. The van der Waals surface area contributed by atoms with Gasteiger partial charge in [-0.3, -0.25) is 0 Å². The molecule has 0 radical (unpaired) electrons. The van der Waals surface area contributed by atoms with Crippen molar-refractivity contribution in [3.8, 4) is 0 Å². The Morgan fingerprint density at radius 3 is 2.79 bits per heavy atom. The molecule has 1 aromatic heterocycles. The van der Waals surface area contributed by atoms with Crippen molar-refractivity contribution in [2.45, 2.75) is 13.5 Å². The van der Waals surface area contributed by atoms with Crippen molar-refractivity contribution in [2.24, 2.45) is 0 Å². The summed E-state index contributed by atoms with van der Waals surface area (Å²) < 4.78 is 14.8. The number of halogens is 1. The van der Waals surface area contributed by atoms with Gasteiger partial charge in [0.05, 0.1) is 22.4 Å². The minimum atomic E-state index is -0.221. The summed E-state index contributed by atoms with van der Waals surface area (Å²) in [7, 11) is 0. The zero-order chi connectivity index (χ0) is 13.2. The van der Waals surface area contributed by atoms with Crippen LogP contribution in [0.15, 0.2) is 42.5 Å². The van der Waals surface area contributed by atoms with E-state index in [9.17, 15) is 4.39 Å². The molecular formula is C15H13FN2S. The molecule has 3 aromatic rings. The van der Waals surface area contributed by atoms with Gasteiger partial charge in [0, 0.05) is 0 Å². The van der Waals surface area contributed by atoms with Crippen LogP contribution in [0, 0.1) is 12.7 Å².